The van der Waals surface area contributed by atoms with Gasteiger partial charge < -0.3 is 5.32 Å². The van der Waals surface area contributed by atoms with Crippen LogP contribution in [0.4, 0.5) is 0 Å². The molecule has 1 saturated carbocycles. The monoisotopic (exact) mass is 357 g/mol. The predicted octanol–water partition coefficient (Wildman–Crippen LogP) is 5.05. The number of hydrogen-bond donors (Lipinski definition) is 1. The lowest BCUT2D eigenvalue weighted by Gasteiger charge is -2.26. The van der Waals surface area contributed by atoms with E-state index in [1.54, 1.807) is 12.1 Å². The Morgan fingerprint density at radius 1 is 1.35 bits per heavy atom. The number of hydrogen-bond acceptors (Lipinski definition) is 1. The number of amides is 1. The Kier molecular flexibility index (Phi) is 5.91. The third-order valence-corrected chi connectivity index (χ3v) is 4.97. The van der Waals surface area contributed by atoms with Gasteiger partial charge in [0.1, 0.15) is 0 Å². The molecule has 1 fully saturated rings. The lowest BCUT2D eigenvalue weighted by Crippen LogP contribution is -2.27. The van der Waals surface area contributed by atoms with E-state index in [9.17, 15) is 4.79 Å². The van der Waals surface area contributed by atoms with Crippen LogP contribution in [-0.2, 0) is 0 Å². The zero-order valence-electron chi connectivity index (χ0n) is 11.8. The van der Waals surface area contributed by atoms with E-state index in [0.717, 1.165) is 29.3 Å². The minimum atomic E-state index is -0.0829. The molecule has 0 unspecified atom stereocenters. The molecular weight excluding hydrogens is 338 g/mol. The number of nitrogens with one attached hydrogen (secondary N) is 1. The lowest BCUT2D eigenvalue weighted by atomic mass is 9.81. The summed E-state index contributed by atoms with van der Waals surface area (Å²) in [4.78, 5) is 12.1. The van der Waals surface area contributed by atoms with Crippen molar-refractivity contribution in [2.75, 3.05) is 6.54 Å². The zero-order chi connectivity index (χ0) is 14.5. The first-order valence-corrected chi connectivity index (χ1v) is 8.46. The summed E-state index contributed by atoms with van der Waals surface area (Å²) in [6.07, 6.45) is 6.33. The minimum absolute atomic E-state index is 0.0829. The summed E-state index contributed by atoms with van der Waals surface area (Å²) in [5.74, 6) is 1.56. The molecule has 0 spiro atoms. The Morgan fingerprint density at radius 3 is 2.75 bits per heavy atom. The Hall–Kier alpha value is -0.540. The molecule has 2 rings (SSSR count). The van der Waals surface area contributed by atoms with Crippen LogP contribution in [0.25, 0.3) is 0 Å². The van der Waals surface area contributed by atoms with Gasteiger partial charge in [-0.1, -0.05) is 60.1 Å². The van der Waals surface area contributed by atoms with Crippen molar-refractivity contribution in [3.8, 4) is 0 Å². The molecule has 4 heteroatoms. The normalized spacial score (nSPS) is 22.6. The van der Waals surface area contributed by atoms with E-state index in [-0.39, 0.29) is 5.91 Å². The Labute approximate surface area is 134 Å². The summed E-state index contributed by atoms with van der Waals surface area (Å²) >= 11 is 9.42. The summed E-state index contributed by atoms with van der Waals surface area (Å²) in [7, 11) is 0. The molecule has 1 aliphatic rings. The molecule has 0 atom stereocenters. The van der Waals surface area contributed by atoms with E-state index in [1.165, 1.54) is 25.7 Å². The number of benzene rings is 1. The maximum absolute atomic E-state index is 12.1. The first-order valence-electron chi connectivity index (χ1n) is 7.29. The Balaban J connectivity index is 1.79. The minimum Gasteiger partial charge on any atom is -0.352 e. The lowest BCUT2D eigenvalue weighted by molar-refractivity contribution is 0.0950. The molecule has 2 nitrogen and oxygen atoms in total. The van der Waals surface area contributed by atoms with Crippen LogP contribution in [0.2, 0.25) is 5.02 Å². The van der Waals surface area contributed by atoms with E-state index < -0.39 is 0 Å². The maximum Gasteiger partial charge on any atom is 0.252 e. The molecule has 0 heterocycles. The molecule has 1 aliphatic carbocycles. The van der Waals surface area contributed by atoms with Gasteiger partial charge in [-0.05, 0) is 36.5 Å². The Bertz CT molecular complexity index is 470. The molecule has 1 aromatic rings. The van der Waals surface area contributed by atoms with E-state index in [2.05, 4.69) is 28.2 Å². The first-order chi connectivity index (χ1) is 9.56. The highest BCUT2D eigenvalue weighted by Gasteiger charge is 2.18. The fourth-order valence-corrected chi connectivity index (χ4v) is 3.34. The van der Waals surface area contributed by atoms with Crippen LogP contribution in [0, 0.1) is 11.8 Å². The zero-order valence-corrected chi connectivity index (χ0v) is 14.1. The largest absolute Gasteiger partial charge is 0.352 e. The molecule has 1 aromatic carbocycles. The van der Waals surface area contributed by atoms with Crippen molar-refractivity contribution in [2.24, 2.45) is 11.8 Å². The molecule has 0 aliphatic heterocycles. The SMILES string of the molecule is CC1CCC(CCNC(=O)c2cc(Br)ccc2Cl)CC1. The third kappa shape index (κ3) is 4.49. The maximum atomic E-state index is 12.1. The second-order valence-electron chi connectivity index (χ2n) is 5.79. The van der Waals surface area contributed by atoms with Gasteiger partial charge in [0.25, 0.3) is 5.91 Å². The average molecular weight is 359 g/mol. The van der Waals surface area contributed by atoms with Crippen LogP contribution in [0.15, 0.2) is 22.7 Å². The van der Waals surface area contributed by atoms with Crippen LogP contribution in [0.5, 0.6) is 0 Å². The van der Waals surface area contributed by atoms with Crippen molar-refractivity contribution in [1.29, 1.82) is 0 Å². The van der Waals surface area contributed by atoms with Gasteiger partial charge in [-0.25, -0.2) is 0 Å². The van der Waals surface area contributed by atoms with Gasteiger partial charge in [0.2, 0.25) is 0 Å². The highest BCUT2D eigenvalue weighted by Crippen LogP contribution is 2.30. The van der Waals surface area contributed by atoms with Crippen LogP contribution in [0.1, 0.15) is 49.4 Å². The van der Waals surface area contributed by atoms with Gasteiger partial charge in [0, 0.05) is 11.0 Å². The molecule has 20 heavy (non-hydrogen) atoms. The first kappa shape index (κ1) is 15.8. The summed E-state index contributed by atoms with van der Waals surface area (Å²) in [6, 6.07) is 5.34. The fourth-order valence-electron chi connectivity index (χ4n) is 2.77. The van der Waals surface area contributed by atoms with E-state index in [1.807, 2.05) is 6.07 Å². The van der Waals surface area contributed by atoms with Crippen LogP contribution in [0.3, 0.4) is 0 Å². The highest BCUT2D eigenvalue weighted by atomic mass is 79.9. The molecule has 0 radical (unpaired) electrons. The van der Waals surface area contributed by atoms with Crippen LogP contribution < -0.4 is 5.32 Å². The molecule has 1 amide bonds. The molecule has 1 N–H and O–H groups in total. The van der Waals surface area contributed by atoms with Gasteiger partial charge in [-0.2, -0.15) is 0 Å². The average Bonchev–Trinajstić information content (AvgIpc) is 2.43. The second-order valence-corrected chi connectivity index (χ2v) is 7.12. The second kappa shape index (κ2) is 7.46. The van der Waals surface area contributed by atoms with Gasteiger partial charge in [-0.3, -0.25) is 4.79 Å². The topological polar surface area (TPSA) is 29.1 Å². The van der Waals surface area contributed by atoms with Gasteiger partial charge in [0.05, 0.1) is 10.6 Å². The quantitative estimate of drug-likeness (QED) is 0.802. The third-order valence-electron chi connectivity index (χ3n) is 4.15. The highest BCUT2D eigenvalue weighted by molar-refractivity contribution is 9.10. The van der Waals surface area contributed by atoms with Crippen molar-refractivity contribution in [2.45, 2.75) is 39.0 Å². The number of rotatable bonds is 4. The summed E-state index contributed by atoms with van der Waals surface area (Å²) in [6.45, 7) is 3.06. The van der Waals surface area contributed by atoms with Gasteiger partial charge >= 0.3 is 0 Å². The summed E-state index contributed by atoms with van der Waals surface area (Å²) < 4.78 is 0.869. The van der Waals surface area contributed by atoms with E-state index in [0.29, 0.717) is 10.6 Å². The Morgan fingerprint density at radius 2 is 2.05 bits per heavy atom. The van der Waals surface area contributed by atoms with Crippen molar-refractivity contribution in [3.63, 3.8) is 0 Å². The molecule has 110 valence electrons. The van der Waals surface area contributed by atoms with Crippen LogP contribution >= 0.6 is 27.5 Å². The van der Waals surface area contributed by atoms with Crippen molar-refractivity contribution in [3.05, 3.63) is 33.3 Å². The number of halogens is 2. The summed E-state index contributed by atoms with van der Waals surface area (Å²) in [5, 5.41) is 3.48. The van der Waals surface area contributed by atoms with E-state index in [4.69, 9.17) is 11.6 Å². The fraction of sp³-hybridized carbons (Fsp3) is 0.562. The summed E-state index contributed by atoms with van der Waals surface area (Å²) in [5.41, 5.74) is 0.540. The van der Waals surface area contributed by atoms with Gasteiger partial charge in [-0.15, -0.1) is 0 Å². The van der Waals surface area contributed by atoms with Crippen molar-refractivity contribution in [1.82, 2.24) is 5.32 Å². The molecule has 0 aromatic heterocycles. The predicted molar refractivity (Wildman–Crippen MR) is 87.2 cm³/mol. The molecular formula is C16H21BrClNO. The number of carbonyl (C=O) groups is 1. The van der Waals surface area contributed by atoms with Crippen molar-refractivity contribution >= 4 is 33.4 Å². The molecule has 0 saturated heterocycles. The number of carbonyl (C=O) groups excluding carboxylic acids is 1. The van der Waals surface area contributed by atoms with E-state index >= 15 is 0 Å². The molecule has 0 bridgehead atoms. The smallest absolute Gasteiger partial charge is 0.252 e. The van der Waals surface area contributed by atoms with Crippen LogP contribution in [-0.4, -0.2) is 12.5 Å². The standard InChI is InChI=1S/C16H21BrClNO/c1-11-2-4-12(5-3-11)8-9-19-16(20)14-10-13(17)6-7-15(14)18/h6-7,10-12H,2-5,8-9H2,1H3,(H,19,20). The van der Waals surface area contributed by atoms with Crippen molar-refractivity contribution < 1.29 is 4.79 Å². The van der Waals surface area contributed by atoms with Gasteiger partial charge in [0.15, 0.2) is 0 Å².